The van der Waals surface area contributed by atoms with Crippen molar-refractivity contribution < 1.29 is 9.53 Å². The molecule has 1 atom stereocenters. The highest BCUT2D eigenvalue weighted by Crippen LogP contribution is 2.33. The molecule has 4 heteroatoms. The zero-order valence-electron chi connectivity index (χ0n) is 10.3. The molecule has 0 aliphatic carbocycles. The molecule has 94 valence electrons. The highest BCUT2D eigenvalue weighted by Gasteiger charge is 2.23. The first-order chi connectivity index (χ1) is 8.63. The van der Waals surface area contributed by atoms with Crippen LogP contribution in [0.3, 0.4) is 0 Å². The molecular formula is C14H16N2O2. The number of nitrogens with two attached hydrogens (primary N) is 1. The highest BCUT2D eigenvalue weighted by molar-refractivity contribution is 5.96. The number of carbonyl (C=O) groups excluding carboxylic acids is 1. The van der Waals surface area contributed by atoms with Gasteiger partial charge in [-0.15, -0.1) is 6.42 Å². The summed E-state index contributed by atoms with van der Waals surface area (Å²) < 4.78 is 5.56. The van der Waals surface area contributed by atoms with Gasteiger partial charge in [0, 0.05) is 6.04 Å². The van der Waals surface area contributed by atoms with Crippen molar-refractivity contribution in [2.75, 3.05) is 18.1 Å². The van der Waals surface area contributed by atoms with E-state index in [0.717, 1.165) is 5.56 Å². The normalized spacial score (nSPS) is 16.3. The first-order valence-electron chi connectivity index (χ1n) is 5.89. The molecule has 0 fully saturated rings. The molecule has 0 bridgehead atoms. The highest BCUT2D eigenvalue weighted by atomic mass is 16.5. The monoisotopic (exact) mass is 244 g/mol. The third kappa shape index (κ3) is 2.31. The van der Waals surface area contributed by atoms with E-state index in [-0.39, 0.29) is 18.5 Å². The number of hydrogen-bond acceptors (Lipinski definition) is 3. The standard InChI is InChI=1S/C14H16N2O2/c1-3-7-16-12-9-11(10(2)15)4-5-13(12)18-8-6-14(16)17/h1,4-5,9-10H,6-8,15H2,2H3. The van der Waals surface area contributed by atoms with E-state index in [9.17, 15) is 4.79 Å². The number of nitrogens with zero attached hydrogens (tertiary/aromatic N) is 1. The van der Waals surface area contributed by atoms with Crippen LogP contribution < -0.4 is 15.4 Å². The molecule has 1 aromatic rings. The Hall–Kier alpha value is -1.99. The summed E-state index contributed by atoms with van der Waals surface area (Å²) in [5.41, 5.74) is 7.52. The van der Waals surface area contributed by atoms with Crippen LogP contribution in [0.2, 0.25) is 0 Å². The fourth-order valence-corrected chi connectivity index (χ4v) is 1.93. The van der Waals surface area contributed by atoms with Crippen molar-refractivity contribution in [3.05, 3.63) is 23.8 Å². The van der Waals surface area contributed by atoms with Crippen LogP contribution in [-0.2, 0) is 4.79 Å². The summed E-state index contributed by atoms with van der Waals surface area (Å²) in [4.78, 5) is 13.5. The number of fused-ring (bicyclic) bond motifs is 1. The Bertz CT molecular complexity index is 503. The summed E-state index contributed by atoms with van der Waals surface area (Å²) in [7, 11) is 0. The predicted octanol–water partition coefficient (Wildman–Crippen LogP) is 1.45. The van der Waals surface area contributed by atoms with E-state index in [1.54, 1.807) is 4.90 Å². The SMILES string of the molecule is C#CCN1C(=O)CCOc2ccc(C(C)N)cc21. The Balaban J connectivity index is 2.48. The van der Waals surface area contributed by atoms with Gasteiger partial charge in [0.15, 0.2) is 0 Å². The van der Waals surface area contributed by atoms with Gasteiger partial charge >= 0.3 is 0 Å². The minimum Gasteiger partial charge on any atom is -0.491 e. The topological polar surface area (TPSA) is 55.6 Å². The summed E-state index contributed by atoms with van der Waals surface area (Å²) in [5, 5.41) is 0. The number of carbonyl (C=O) groups is 1. The minimum absolute atomic E-state index is 0.0199. The average Bonchev–Trinajstić information content (AvgIpc) is 2.50. The smallest absolute Gasteiger partial charge is 0.231 e. The van der Waals surface area contributed by atoms with E-state index in [4.69, 9.17) is 16.9 Å². The van der Waals surface area contributed by atoms with Gasteiger partial charge < -0.3 is 10.5 Å². The van der Waals surface area contributed by atoms with E-state index < -0.39 is 0 Å². The molecule has 0 saturated heterocycles. The summed E-state index contributed by atoms with van der Waals surface area (Å²) in [6.07, 6.45) is 5.66. The van der Waals surface area contributed by atoms with Gasteiger partial charge in [-0.05, 0) is 24.6 Å². The van der Waals surface area contributed by atoms with Gasteiger partial charge in [-0.3, -0.25) is 9.69 Å². The Labute approximate surface area is 107 Å². The van der Waals surface area contributed by atoms with Gasteiger partial charge in [0.05, 0.1) is 25.3 Å². The van der Waals surface area contributed by atoms with Crippen molar-refractivity contribution in [1.29, 1.82) is 0 Å². The Morgan fingerprint density at radius 1 is 1.61 bits per heavy atom. The third-order valence-electron chi connectivity index (χ3n) is 2.92. The summed E-state index contributed by atoms with van der Waals surface area (Å²) in [5.74, 6) is 3.16. The minimum atomic E-state index is -0.0960. The van der Waals surface area contributed by atoms with Crippen molar-refractivity contribution in [1.82, 2.24) is 0 Å². The molecule has 0 spiro atoms. The van der Waals surface area contributed by atoms with Gasteiger partial charge in [-0.2, -0.15) is 0 Å². The van der Waals surface area contributed by atoms with Gasteiger partial charge in [0.25, 0.3) is 0 Å². The molecule has 0 radical (unpaired) electrons. The van der Waals surface area contributed by atoms with Crippen LogP contribution in [0.5, 0.6) is 5.75 Å². The van der Waals surface area contributed by atoms with Crippen LogP contribution in [0.25, 0.3) is 0 Å². The molecule has 1 unspecified atom stereocenters. The number of hydrogen-bond donors (Lipinski definition) is 1. The van der Waals surface area contributed by atoms with Crippen molar-refractivity contribution in [3.63, 3.8) is 0 Å². The average molecular weight is 244 g/mol. The van der Waals surface area contributed by atoms with Crippen molar-refractivity contribution in [2.45, 2.75) is 19.4 Å². The van der Waals surface area contributed by atoms with E-state index in [2.05, 4.69) is 5.92 Å². The van der Waals surface area contributed by atoms with Crippen LogP contribution in [0, 0.1) is 12.3 Å². The van der Waals surface area contributed by atoms with Gasteiger partial charge in [-0.25, -0.2) is 0 Å². The molecule has 1 aliphatic heterocycles. The van der Waals surface area contributed by atoms with Gasteiger partial charge in [-0.1, -0.05) is 12.0 Å². The molecule has 1 aromatic carbocycles. The van der Waals surface area contributed by atoms with Crippen molar-refractivity contribution in [2.24, 2.45) is 5.73 Å². The molecule has 0 saturated carbocycles. The quantitative estimate of drug-likeness (QED) is 0.801. The van der Waals surface area contributed by atoms with Crippen molar-refractivity contribution in [3.8, 4) is 18.1 Å². The molecule has 2 N–H and O–H groups in total. The second kappa shape index (κ2) is 5.11. The fourth-order valence-electron chi connectivity index (χ4n) is 1.93. The molecule has 2 rings (SSSR count). The molecule has 1 amide bonds. The van der Waals surface area contributed by atoms with Crippen molar-refractivity contribution >= 4 is 11.6 Å². The maximum atomic E-state index is 12.0. The molecule has 1 aliphatic rings. The van der Waals surface area contributed by atoms with Crippen LogP contribution in [0.15, 0.2) is 18.2 Å². The number of anilines is 1. The lowest BCUT2D eigenvalue weighted by Gasteiger charge is -2.20. The van der Waals surface area contributed by atoms with Crippen LogP contribution in [0.4, 0.5) is 5.69 Å². The second-order valence-corrected chi connectivity index (χ2v) is 4.30. The lowest BCUT2D eigenvalue weighted by atomic mass is 10.1. The van der Waals surface area contributed by atoms with Gasteiger partial charge in [0.1, 0.15) is 5.75 Å². The molecular weight excluding hydrogens is 228 g/mol. The number of benzene rings is 1. The van der Waals surface area contributed by atoms with Crippen LogP contribution in [0.1, 0.15) is 24.9 Å². The molecule has 1 heterocycles. The van der Waals surface area contributed by atoms with Gasteiger partial charge in [0.2, 0.25) is 5.91 Å². The number of amides is 1. The summed E-state index contributed by atoms with van der Waals surface area (Å²) in [6.45, 7) is 2.52. The Kier molecular flexibility index (Phi) is 3.54. The fraction of sp³-hybridized carbons (Fsp3) is 0.357. The third-order valence-corrected chi connectivity index (χ3v) is 2.92. The summed E-state index contributed by atoms with van der Waals surface area (Å²) >= 11 is 0. The van der Waals surface area contributed by atoms with Crippen LogP contribution >= 0.6 is 0 Å². The number of rotatable bonds is 2. The lowest BCUT2D eigenvalue weighted by molar-refractivity contribution is -0.118. The molecule has 4 nitrogen and oxygen atoms in total. The predicted molar refractivity (Wildman–Crippen MR) is 70.3 cm³/mol. The van der Waals surface area contributed by atoms with E-state index >= 15 is 0 Å². The second-order valence-electron chi connectivity index (χ2n) is 4.30. The molecule has 18 heavy (non-hydrogen) atoms. The first-order valence-corrected chi connectivity index (χ1v) is 5.89. The van der Waals surface area contributed by atoms with E-state index in [1.165, 1.54) is 0 Å². The largest absolute Gasteiger partial charge is 0.491 e. The molecule has 0 aromatic heterocycles. The Morgan fingerprint density at radius 2 is 2.39 bits per heavy atom. The Morgan fingerprint density at radius 3 is 3.06 bits per heavy atom. The maximum absolute atomic E-state index is 12.0. The van der Waals surface area contributed by atoms with E-state index in [1.807, 2.05) is 25.1 Å². The lowest BCUT2D eigenvalue weighted by Crippen LogP contribution is -2.30. The zero-order chi connectivity index (χ0) is 13.1. The first kappa shape index (κ1) is 12.5. The number of terminal acetylenes is 1. The van der Waals surface area contributed by atoms with Crippen LogP contribution in [-0.4, -0.2) is 19.1 Å². The summed E-state index contributed by atoms with van der Waals surface area (Å²) in [6, 6.07) is 5.53. The number of ether oxygens (including phenoxy) is 1. The maximum Gasteiger partial charge on any atom is 0.231 e. The zero-order valence-corrected chi connectivity index (χ0v) is 10.3. The van der Waals surface area contributed by atoms with E-state index in [0.29, 0.717) is 24.5 Å².